The summed E-state index contributed by atoms with van der Waals surface area (Å²) in [5.74, 6) is 6.38. The molecule has 0 atom stereocenters. The highest BCUT2D eigenvalue weighted by atomic mass is 35.5. The Morgan fingerprint density at radius 1 is 1.39 bits per heavy atom. The van der Waals surface area contributed by atoms with Crippen LogP contribution in [0.15, 0.2) is 30.6 Å². The first-order valence-electron chi connectivity index (χ1n) is 5.36. The van der Waals surface area contributed by atoms with Gasteiger partial charge in [-0.25, -0.2) is 15.8 Å². The van der Waals surface area contributed by atoms with Gasteiger partial charge in [-0.3, -0.25) is 0 Å². The Bertz CT molecular complexity index is 547. The zero-order valence-corrected chi connectivity index (χ0v) is 10.6. The number of aromatic nitrogens is 2. The van der Waals surface area contributed by atoms with Crippen molar-refractivity contribution in [3.05, 3.63) is 46.7 Å². The Morgan fingerprint density at radius 2 is 2.22 bits per heavy atom. The second kappa shape index (κ2) is 5.66. The fraction of sp³-hybridized carbons (Fsp3) is 0.167. The average molecular weight is 265 g/mol. The van der Waals surface area contributed by atoms with Gasteiger partial charge in [-0.1, -0.05) is 23.7 Å². The van der Waals surface area contributed by atoms with Crippen LogP contribution in [0.4, 0.5) is 5.82 Å². The van der Waals surface area contributed by atoms with E-state index in [0.29, 0.717) is 23.3 Å². The van der Waals surface area contributed by atoms with Crippen molar-refractivity contribution in [2.45, 2.75) is 13.5 Å². The number of anilines is 1. The number of nitrogens with one attached hydrogen (secondary N) is 1. The zero-order chi connectivity index (χ0) is 13.0. The van der Waals surface area contributed by atoms with Gasteiger partial charge in [0.05, 0.1) is 5.56 Å². The summed E-state index contributed by atoms with van der Waals surface area (Å²) in [6.45, 7) is 2.23. The van der Waals surface area contributed by atoms with Crippen LogP contribution in [0, 0.1) is 6.92 Å². The molecule has 0 saturated heterocycles. The molecule has 18 heavy (non-hydrogen) atoms. The van der Waals surface area contributed by atoms with Gasteiger partial charge in [0.2, 0.25) is 5.88 Å². The molecule has 2 rings (SSSR count). The van der Waals surface area contributed by atoms with Crippen molar-refractivity contribution < 1.29 is 4.74 Å². The lowest BCUT2D eigenvalue weighted by Gasteiger charge is -2.10. The number of rotatable bonds is 4. The number of nitrogens with zero attached hydrogens (tertiary/aromatic N) is 2. The Balaban J connectivity index is 2.11. The molecule has 0 bridgehead atoms. The maximum Gasteiger partial charge on any atom is 0.221 e. The number of benzene rings is 1. The van der Waals surface area contributed by atoms with Gasteiger partial charge in [0.15, 0.2) is 0 Å². The topological polar surface area (TPSA) is 73.1 Å². The van der Waals surface area contributed by atoms with Crippen LogP contribution < -0.4 is 16.0 Å². The van der Waals surface area contributed by atoms with E-state index in [1.54, 1.807) is 0 Å². The predicted octanol–water partition coefficient (Wildman–Crippen LogP) is 2.30. The van der Waals surface area contributed by atoms with E-state index in [-0.39, 0.29) is 0 Å². The van der Waals surface area contributed by atoms with Gasteiger partial charge >= 0.3 is 0 Å². The lowest BCUT2D eigenvalue weighted by Crippen LogP contribution is -2.11. The fourth-order valence-corrected chi connectivity index (χ4v) is 1.72. The van der Waals surface area contributed by atoms with Gasteiger partial charge < -0.3 is 10.2 Å². The van der Waals surface area contributed by atoms with Crippen LogP contribution in [0.3, 0.4) is 0 Å². The van der Waals surface area contributed by atoms with Gasteiger partial charge in [-0.2, -0.15) is 0 Å². The Morgan fingerprint density at radius 3 is 2.94 bits per heavy atom. The third-order valence-electron chi connectivity index (χ3n) is 2.44. The quantitative estimate of drug-likeness (QED) is 0.655. The van der Waals surface area contributed by atoms with Crippen LogP contribution in [-0.2, 0) is 6.61 Å². The van der Waals surface area contributed by atoms with Crippen molar-refractivity contribution in [2.24, 2.45) is 5.84 Å². The SMILES string of the molecule is Cc1c(NN)ncnc1OCc1cccc(Cl)c1. The first-order valence-corrected chi connectivity index (χ1v) is 5.74. The van der Waals surface area contributed by atoms with Crippen molar-refractivity contribution >= 4 is 17.4 Å². The highest BCUT2D eigenvalue weighted by Gasteiger charge is 2.07. The molecule has 0 aliphatic heterocycles. The number of hydrogen-bond acceptors (Lipinski definition) is 5. The molecule has 94 valence electrons. The van der Waals surface area contributed by atoms with Crippen molar-refractivity contribution in [2.75, 3.05) is 5.43 Å². The van der Waals surface area contributed by atoms with Crippen LogP contribution in [0.1, 0.15) is 11.1 Å². The molecule has 0 spiro atoms. The molecule has 0 fully saturated rings. The molecule has 0 saturated carbocycles. The van der Waals surface area contributed by atoms with E-state index in [1.807, 2.05) is 31.2 Å². The van der Waals surface area contributed by atoms with E-state index in [0.717, 1.165) is 11.1 Å². The fourth-order valence-electron chi connectivity index (χ4n) is 1.50. The number of hydrazine groups is 1. The minimum Gasteiger partial charge on any atom is -0.472 e. The molecule has 5 nitrogen and oxygen atoms in total. The largest absolute Gasteiger partial charge is 0.472 e. The van der Waals surface area contributed by atoms with E-state index in [1.165, 1.54) is 6.33 Å². The molecule has 0 aliphatic rings. The molecule has 0 aliphatic carbocycles. The van der Waals surface area contributed by atoms with Crippen LogP contribution in [0.25, 0.3) is 0 Å². The van der Waals surface area contributed by atoms with Gasteiger partial charge in [0.25, 0.3) is 0 Å². The molecule has 2 aromatic rings. The third-order valence-corrected chi connectivity index (χ3v) is 2.67. The normalized spacial score (nSPS) is 10.2. The first-order chi connectivity index (χ1) is 8.70. The Kier molecular flexibility index (Phi) is 3.96. The summed E-state index contributed by atoms with van der Waals surface area (Å²) in [6, 6.07) is 7.48. The molecule has 1 heterocycles. The lowest BCUT2D eigenvalue weighted by atomic mass is 10.2. The molecule has 0 radical (unpaired) electrons. The summed E-state index contributed by atoms with van der Waals surface area (Å²) in [7, 11) is 0. The molecule has 0 amide bonds. The molecule has 1 aromatic heterocycles. The first kappa shape index (κ1) is 12.6. The monoisotopic (exact) mass is 264 g/mol. The maximum atomic E-state index is 5.90. The van der Waals surface area contributed by atoms with Crippen molar-refractivity contribution in [1.82, 2.24) is 9.97 Å². The number of hydrogen-bond donors (Lipinski definition) is 2. The Hall–Kier alpha value is -1.85. The van der Waals surface area contributed by atoms with Crippen LogP contribution in [0.2, 0.25) is 5.02 Å². The highest BCUT2D eigenvalue weighted by molar-refractivity contribution is 6.30. The average Bonchev–Trinajstić information content (AvgIpc) is 2.38. The van der Waals surface area contributed by atoms with Gasteiger partial charge in [-0.05, 0) is 24.6 Å². The number of ether oxygens (including phenoxy) is 1. The van der Waals surface area contributed by atoms with Gasteiger partial charge in [0.1, 0.15) is 18.8 Å². The van der Waals surface area contributed by atoms with Crippen molar-refractivity contribution in [3.63, 3.8) is 0 Å². The predicted molar refractivity (Wildman–Crippen MR) is 70.4 cm³/mol. The van der Waals surface area contributed by atoms with Gasteiger partial charge in [-0.15, -0.1) is 0 Å². The van der Waals surface area contributed by atoms with E-state index < -0.39 is 0 Å². The summed E-state index contributed by atoms with van der Waals surface area (Å²) >= 11 is 5.90. The molecule has 1 aromatic carbocycles. The second-order valence-electron chi connectivity index (χ2n) is 3.72. The van der Waals surface area contributed by atoms with E-state index in [2.05, 4.69) is 15.4 Å². The summed E-state index contributed by atoms with van der Waals surface area (Å²) in [5.41, 5.74) is 4.23. The summed E-state index contributed by atoms with van der Waals surface area (Å²) in [5, 5.41) is 0.680. The van der Waals surface area contributed by atoms with Crippen molar-refractivity contribution in [1.29, 1.82) is 0 Å². The van der Waals surface area contributed by atoms with Gasteiger partial charge in [0, 0.05) is 5.02 Å². The van der Waals surface area contributed by atoms with Crippen LogP contribution in [0.5, 0.6) is 5.88 Å². The summed E-state index contributed by atoms with van der Waals surface area (Å²) in [4.78, 5) is 8.04. The van der Waals surface area contributed by atoms with E-state index in [4.69, 9.17) is 22.2 Å². The minimum absolute atomic E-state index is 0.391. The number of nitrogen functional groups attached to an aromatic ring is 1. The number of nitrogens with two attached hydrogens (primary N) is 1. The molecule has 3 N–H and O–H groups in total. The standard InChI is InChI=1S/C12H13ClN4O/c1-8-11(17-14)15-7-16-12(8)18-6-9-3-2-4-10(13)5-9/h2-5,7H,6,14H2,1H3,(H,15,16,17). The van der Waals surface area contributed by atoms with Crippen LogP contribution >= 0.6 is 11.6 Å². The van der Waals surface area contributed by atoms with Crippen LogP contribution in [-0.4, -0.2) is 9.97 Å². The summed E-state index contributed by atoms with van der Waals surface area (Å²) < 4.78 is 5.62. The zero-order valence-electron chi connectivity index (χ0n) is 9.85. The molecular formula is C12H13ClN4O. The van der Waals surface area contributed by atoms with Crippen molar-refractivity contribution in [3.8, 4) is 5.88 Å². The van der Waals surface area contributed by atoms with E-state index >= 15 is 0 Å². The minimum atomic E-state index is 0.391. The maximum absolute atomic E-state index is 5.90. The highest BCUT2D eigenvalue weighted by Crippen LogP contribution is 2.21. The third kappa shape index (κ3) is 2.88. The molecule has 0 unspecified atom stereocenters. The second-order valence-corrected chi connectivity index (χ2v) is 4.15. The summed E-state index contributed by atoms with van der Waals surface area (Å²) in [6.07, 6.45) is 1.40. The van der Waals surface area contributed by atoms with E-state index in [9.17, 15) is 0 Å². The lowest BCUT2D eigenvalue weighted by molar-refractivity contribution is 0.291. The molecular weight excluding hydrogens is 252 g/mol. The smallest absolute Gasteiger partial charge is 0.221 e. The molecule has 6 heteroatoms. The Labute approximate surface area is 110 Å². The number of halogens is 1.